The lowest BCUT2D eigenvalue weighted by Gasteiger charge is -2.11. The van der Waals surface area contributed by atoms with Gasteiger partial charge in [-0.3, -0.25) is 4.79 Å². The second-order valence-electron chi connectivity index (χ2n) is 4.37. The summed E-state index contributed by atoms with van der Waals surface area (Å²) in [4.78, 5) is 23.1. The first-order chi connectivity index (χ1) is 10.8. The molecule has 0 saturated heterocycles. The van der Waals surface area contributed by atoms with Gasteiger partial charge in [0.05, 0.1) is 0 Å². The molecule has 0 spiro atoms. The lowest BCUT2D eigenvalue weighted by atomic mass is 10.2. The normalized spacial score (nSPS) is 12.3. The van der Waals surface area contributed by atoms with Crippen molar-refractivity contribution in [1.82, 2.24) is 5.32 Å². The highest BCUT2D eigenvalue weighted by molar-refractivity contribution is 9.10. The van der Waals surface area contributed by atoms with E-state index in [4.69, 9.17) is 4.74 Å². The van der Waals surface area contributed by atoms with Crippen molar-refractivity contribution in [3.63, 3.8) is 0 Å². The number of alkyl halides is 2. The number of carbonyl (C=O) groups excluding carboxylic acids is 2. The van der Waals surface area contributed by atoms with E-state index in [1.54, 1.807) is 6.92 Å². The molecule has 0 aliphatic carbocycles. The van der Waals surface area contributed by atoms with Gasteiger partial charge in [0.2, 0.25) is 0 Å². The van der Waals surface area contributed by atoms with Crippen LogP contribution < -0.4 is 10.1 Å². The number of ether oxygens (including phenoxy) is 2. The van der Waals surface area contributed by atoms with Gasteiger partial charge in [0, 0.05) is 22.7 Å². The summed E-state index contributed by atoms with van der Waals surface area (Å²) >= 11 is 3.20. The Labute approximate surface area is 140 Å². The summed E-state index contributed by atoms with van der Waals surface area (Å²) in [5.74, 6) is -1.27. The van der Waals surface area contributed by atoms with Gasteiger partial charge >= 0.3 is 12.6 Å². The van der Waals surface area contributed by atoms with Crippen LogP contribution in [0.2, 0.25) is 0 Å². The van der Waals surface area contributed by atoms with E-state index in [9.17, 15) is 18.4 Å². The SMILES string of the molecule is CCNC(=O)[C@@H](C)OC(=O)/C=C/c1cc(Br)ccc1OC(F)F. The number of benzene rings is 1. The molecule has 8 heteroatoms. The summed E-state index contributed by atoms with van der Waals surface area (Å²) in [6.45, 7) is 0.613. The van der Waals surface area contributed by atoms with Gasteiger partial charge in [0.1, 0.15) is 5.75 Å². The topological polar surface area (TPSA) is 64.6 Å². The summed E-state index contributed by atoms with van der Waals surface area (Å²) in [6.07, 6.45) is 1.36. The molecule has 0 unspecified atom stereocenters. The lowest BCUT2D eigenvalue weighted by Crippen LogP contribution is -2.35. The zero-order valence-corrected chi connectivity index (χ0v) is 14.1. The average Bonchev–Trinajstić information content (AvgIpc) is 2.47. The summed E-state index contributed by atoms with van der Waals surface area (Å²) in [5, 5.41) is 2.51. The molecule has 0 fully saturated rings. The Morgan fingerprint density at radius 1 is 1.39 bits per heavy atom. The quantitative estimate of drug-likeness (QED) is 0.572. The zero-order chi connectivity index (χ0) is 17.4. The number of halogens is 3. The maximum Gasteiger partial charge on any atom is 0.387 e. The zero-order valence-electron chi connectivity index (χ0n) is 12.5. The monoisotopic (exact) mass is 391 g/mol. The summed E-state index contributed by atoms with van der Waals surface area (Å²) in [7, 11) is 0. The molecule has 0 aliphatic rings. The number of hydrogen-bond donors (Lipinski definition) is 1. The molecule has 1 aromatic rings. The Hall–Kier alpha value is -1.96. The summed E-state index contributed by atoms with van der Waals surface area (Å²) < 4.78 is 34.6. The number of esters is 1. The molecule has 1 aromatic carbocycles. The predicted octanol–water partition coefficient (Wildman–Crippen LogP) is 3.13. The van der Waals surface area contributed by atoms with E-state index in [2.05, 4.69) is 26.0 Å². The predicted molar refractivity (Wildman–Crippen MR) is 84.0 cm³/mol. The van der Waals surface area contributed by atoms with E-state index in [1.165, 1.54) is 31.2 Å². The number of nitrogens with one attached hydrogen (secondary N) is 1. The van der Waals surface area contributed by atoms with Gasteiger partial charge in [-0.05, 0) is 38.1 Å². The second kappa shape index (κ2) is 9.24. The van der Waals surface area contributed by atoms with Gasteiger partial charge in [-0.1, -0.05) is 15.9 Å². The summed E-state index contributed by atoms with van der Waals surface area (Å²) in [6, 6.07) is 4.39. The first kappa shape index (κ1) is 19.1. The fourth-order valence-corrected chi connectivity index (χ4v) is 1.97. The third kappa shape index (κ3) is 6.77. The molecule has 0 aliphatic heterocycles. The molecule has 1 N–H and O–H groups in total. The Kier molecular flexibility index (Phi) is 7.67. The van der Waals surface area contributed by atoms with Crippen molar-refractivity contribution in [2.45, 2.75) is 26.6 Å². The van der Waals surface area contributed by atoms with Gasteiger partial charge in [-0.2, -0.15) is 8.78 Å². The van der Waals surface area contributed by atoms with Crippen molar-refractivity contribution < 1.29 is 27.8 Å². The van der Waals surface area contributed by atoms with Crippen molar-refractivity contribution in [3.8, 4) is 5.75 Å². The molecule has 0 saturated carbocycles. The van der Waals surface area contributed by atoms with E-state index >= 15 is 0 Å². The van der Waals surface area contributed by atoms with Gasteiger partial charge < -0.3 is 14.8 Å². The Morgan fingerprint density at radius 3 is 2.70 bits per heavy atom. The first-order valence-electron chi connectivity index (χ1n) is 6.74. The highest BCUT2D eigenvalue weighted by Crippen LogP contribution is 2.26. The Morgan fingerprint density at radius 2 is 2.09 bits per heavy atom. The highest BCUT2D eigenvalue weighted by Gasteiger charge is 2.15. The van der Waals surface area contributed by atoms with Crippen LogP contribution in [0, 0.1) is 0 Å². The minimum Gasteiger partial charge on any atom is -0.449 e. The van der Waals surface area contributed by atoms with Crippen LogP contribution in [0.15, 0.2) is 28.7 Å². The first-order valence-corrected chi connectivity index (χ1v) is 7.53. The molecule has 5 nitrogen and oxygen atoms in total. The van der Waals surface area contributed by atoms with Gasteiger partial charge in [0.15, 0.2) is 6.10 Å². The maximum atomic E-state index is 12.3. The van der Waals surface area contributed by atoms with Crippen molar-refractivity contribution in [2.75, 3.05) is 6.54 Å². The Balaban J connectivity index is 2.78. The van der Waals surface area contributed by atoms with Gasteiger partial charge in [0.25, 0.3) is 5.91 Å². The number of hydrogen-bond acceptors (Lipinski definition) is 4. The van der Waals surface area contributed by atoms with E-state index in [1.807, 2.05) is 0 Å². The molecule has 0 aromatic heterocycles. The standard InChI is InChI=1S/C15H16BrF2NO4/c1-3-19-14(21)9(2)22-13(20)7-4-10-8-11(16)5-6-12(10)23-15(17)18/h4-9,15H,3H2,1-2H3,(H,19,21)/b7-4+/t9-/m1/s1. The van der Waals surface area contributed by atoms with E-state index in [-0.39, 0.29) is 11.3 Å². The van der Waals surface area contributed by atoms with Crippen LogP contribution >= 0.6 is 15.9 Å². The number of carbonyl (C=O) groups is 2. The fourth-order valence-electron chi connectivity index (χ4n) is 1.60. The van der Waals surface area contributed by atoms with Gasteiger partial charge in [-0.25, -0.2) is 4.79 Å². The van der Waals surface area contributed by atoms with Crippen LogP contribution in [-0.4, -0.2) is 31.1 Å². The molecule has 1 rings (SSSR count). The summed E-state index contributed by atoms with van der Waals surface area (Å²) in [5.41, 5.74) is 0.266. The third-order valence-corrected chi connectivity index (χ3v) is 3.09. The maximum absolute atomic E-state index is 12.3. The molecule has 0 heterocycles. The van der Waals surface area contributed by atoms with Gasteiger partial charge in [-0.15, -0.1) is 0 Å². The molecule has 126 valence electrons. The van der Waals surface area contributed by atoms with Crippen molar-refractivity contribution in [2.24, 2.45) is 0 Å². The molecular formula is C15H16BrF2NO4. The fraction of sp³-hybridized carbons (Fsp3) is 0.333. The number of rotatable bonds is 7. The number of likely N-dealkylation sites (N-methyl/N-ethyl adjacent to an activating group) is 1. The van der Waals surface area contributed by atoms with Crippen molar-refractivity contribution in [3.05, 3.63) is 34.3 Å². The Bertz CT molecular complexity index is 593. The van der Waals surface area contributed by atoms with Crippen LogP contribution in [0.3, 0.4) is 0 Å². The third-order valence-electron chi connectivity index (χ3n) is 2.60. The van der Waals surface area contributed by atoms with Crippen molar-refractivity contribution >= 4 is 33.9 Å². The molecule has 1 amide bonds. The molecular weight excluding hydrogens is 376 g/mol. The minimum atomic E-state index is -2.98. The minimum absolute atomic E-state index is 0.0796. The van der Waals surface area contributed by atoms with Crippen LogP contribution in [0.5, 0.6) is 5.75 Å². The molecule has 0 radical (unpaired) electrons. The van der Waals surface area contributed by atoms with Crippen LogP contribution in [0.1, 0.15) is 19.4 Å². The molecule has 0 bridgehead atoms. The van der Waals surface area contributed by atoms with Crippen LogP contribution in [-0.2, 0) is 14.3 Å². The van der Waals surface area contributed by atoms with Crippen LogP contribution in [0.25, 0.3) is 6.08 Å². The average molecular weight is 392 g/mol. The highest BCUT2D eigenvalue weighted by atomic mass is 79.9. The number of amides is 1. The molecule has 1 atom stereocenters. The van der Waals surface area contributed by atoms with Crippen molar-refractivity contribution in [1.29, 1.82) is 0 Å². The smallest absolute Gasteiger partial charge is 0.387 e. The van der Waals surface area contributed by atoms with Crippen LogP contribution in [0.4, 0.5) is 8.78 Å². The van der Waals surface area contributed by atoms with E-state index in [0.717, 1.165) is 6.08 Å². The van der Waals surface area contributed by atoms with E-state index in [0.29, 0.717) is 11.0 Å². The molecule has 23 heavy (non-hydrogen) atoms. The largest absolute Gasteiger partial charge is 0.449 e. The van der Waals surface area contributed by atoms with E-state index < -0.39 is 24.6 Å². The lowest BCUT2D eigenvalue weighted by molar-refractivity contribution is -0.150. The second-order valence-corrected chi connectivity index (χ2v) is 5.28.